The van der Waals surface area contributed by atoms with Gasteiger partial charge in [-0.15, -0.1) is 0 Å². The number of nitrogens with two attached hydrogens (primary N) is 1. The van der Waals surface area contributed by atoms with Gasteiger partial charge in [-0.2, -0.15) is 0 Å². The number of nitrogen functional groups attached to an aromatic ring is 1. The molecule has 3 rings (SSSR count). The molecule has 3 heterocycles. The van der Waals surface area contributed by atoms with E-state index < -0.39 is 16.6 Å². The highest BCUT2D eigenvalue weighted by Crippen LogP contribution is 2.41. The summed E-state index contributed by atoms with van der Waals surface area (Å²) in [4.78, 5) is 12.8. The molecule has 2 aromatic rings. The molecule has 2 N–H and O–H groups in total. The number of ether oxygens (including phenoxy) is 1. The number of anilines is 1. The van der Waals surface area contributed by atoms with Crippen molar-refractivity contribution in [2.75, 3.05) is 12.3 Å². The van der Waals surface area contributed by atoms with Crippen LogP contribution < -0.4 is 5.73 Å². The first kappa shape index (κ1) is 22.4. The maximum absolute atomic E-state index is 6.76. The zero-order valence-electron chi connectivity index (χ0n) is 18.9. The highest BCUT2D eigenvalue weighted by molar-refractivity contribution is 6.74. The number of aromatic nitrogens is 4. The second-order valence-electron chi connectivity index (χ2n) is 10.3. The Morgan fingerprint density at radius 1 is 1.17 bits per heavy atom. The second kappa shape index (κ2) is 7.73. The third-order valence-electron chi connectivity index (χ3n) is 5.81. The van der Waals surface area contributed by atoms with Crippen molar-refractivity contribution in [3.05, 3.63) is 12.7 Å². The Bertz CT molecular complexity index is 860. The second-order valence-corrected chi connectivity index (χ2v) is 19.6. The minimum atomic E-state index is -1.96. The molecule has 29 heavy (non-hydrogen) atoms. The van der Waals surface area contributed by atoms with Gasteiger partial charge >= 0.3 is 0 Å². The molecule has 162 valence electrons. The molecule has 0 radical (unpaired) electrons. The number of imidazole rings is 1. The molecule has 8 nitrogen and oxygen atoms in total. The average Bonchev–Trinajstić information content (AvgIpc) is 3.15. The molecule has 0 aliphatic carbocycles. The van der Waals surface area contributed by atoms with Gasteiger partial charge in [0, 0.05) is 6.42 Å². The summed E-state index contributed by atoms with van der Waals surface area (Å²) in [5.41, 5.74) is 7.23. The van der Waals surface area contributed by atoms with Crippen LogP contribution in [0.15, 0.2) is 12.7 Å². The molecular formula is C19H35N5O3Si2. The van der Waals surface area contributed by atoms with E-state index >= 15 is 0 Å². The molecule has 1 aliphatic heterocycles. The highest BCUT2D eigenvalue weighted by atomic mass is 28.4. The molecule has 1 fully saturated rings. The quantitative estimate of drug-likeness (QED) is 0.684. The van der Waals surface area contributed by atoms with Crippen LogP contribution in [-0.4, -0.2) is 55.0 Å². The lowest BCUT2D eigenvalue weighted by Gasteiger charge is -2.39. The van der Waals surface area contributed by atoms with Crippen LogP contribution in [0.25, 0.3) is 11.2 Å². The monoisotopic (exact) mass is 437 g/mol. The van der Waals surface area contributed by atoms with Crippen LogP contribution >= 0.6 is 0 Å². The fourth-order valence-electron chi connectivity index (χ4n) is 3.11. The van der Waals surface area contributed by atoms with Crippen molar-refractivity contribution in [3.63, 3.8) is 0 Å². The van der Waals surface area contributed by atoms with Gasteiger partial charge in [0.2, 0.25) is 0 Å². The minimum Gasteiger partial charge on any atom is -0.415 e. The Balaban J connectivity index is 1.86. The van der Waals surface area contributed by atoms with Crippen molar-refractivity contribution in [1.82, 2.24) is 19.5 Å². The highest BCUT2D eigenvalue weighted by Gasteiger charge is 2.45. The summed E-state index contributed by atoms with van der Waals surface area (Å²) in [6.07, 6.45) is 3.53. The van der Waals surface area contributed by atoms with Crippen LogP contribution in [0.4, 0.5) is 5.82 Å². The summed E-state index contributed by atoms with van der Waals surface area (Å²) in [5.74, 6) is 0.374. The van der Waals surface area contributed by atoms with Gasteiger partial charge in [-0.1, -0.05) is 20.8 Å². The Hall–Kier alpha value is -1.34. The van der Waals surface area contributed by atoms with E-state index in [2.05, 4.69) is 68.5 Å². The Labute approximate surface area is 175 Å². The standard InChI is InChI=1S/C19H35N5O3Si2/c1-19(2,3)29(7,8)27-13-9-15(26-14(13)10-25-28(4,5)6)24-12-23-16-17(20)21-11-22-18(16)24/h11-15H,9-10H2,1-8H3,(H2,20,21,22)/t13?,14-,15-/m0/s1. The Kier molecular flexibility index (Phi) is 5.96. The number of nitrogens with zero attached hydrogens (tertiary/aromatic N) is 4. The number of fused-ring (bicyclic) bond motifs is 1. The number of hydrogen-bond donors (Lipinski definition) is 1. The van der Waals surface area contributed by atoms with Crippen molar-refractivity contribution >= 4 is 33.6 Å². The van der Waals surface area contributed by atoms with E-state index in [1.807, 2.05) is 4.57 Å². The molecule has 3 atom stereocenters. The van der Waals surface area contributed by atoms with Gasteiger partial charge in [0.1, 0.15) is 24.2 Å². The average molecular weight is 438 g/mol. The van der Waals surface area contributed by atoms with E-state index in [9.17, 15) is 0 Å². The zero-order chi connectivity index (χ0) is 21.6. The van der Waals surface area contributed by atoms with E-state index in [4.69, 9.17) is 19.3 Å². The maximum Gasteiger partial charge on any atom is 0.192 e. The van der Waals surface area contributed by atoms with Crippen LogP contribution in [0.3, 0.4) is 0 Å². The summed E-state index contributed by atoms with van der Waals surface area (Å²) in [5, 5.41) is 0.124. The summed E-state index contributed by atoms with van der Waals surface area (Å²) in [6.45, 7) is 18.4. The van der Waals surface area contributed by atoms with Crippen molar-refractivity contribution in [2.24, 2.45) is 0 Å². The van der Waals surface area contributed by atoms with Gasteiger partial charge in [0.15, 0.2) is 28.1 Å². The summed E-state index contributed by atoms with van der Waals surface area (Å²) >= 11 is 0. The molecule has 2 aromatic heterocycles. The third-order valence-corrected chi connectivity index (χ3v) is 11.3. The lowest BCUT2D eigenvalue weighted by molar-refractivity contribution is -0.0374. The first-order valence-corrected chi connectivity index (χ1v) is 16.5. The first-order valence-electron chi connectivity index (χ1n) is 10.2. The van der Waals surface area contributed by atoms with Crippen LogP contribution in [0.5, 0.6) is 0 Å². The van der Waals surface area contributed by atoms with E-state index in [1.54, 1.807) is 6.33 Å². The molecule has 0 amide bonds. The molecular weight excluding hydrogens is 402 g/mol. The molecule has 1 saturated heterocycles. The largest absolute Gasteiger partial charge is 0.415 e. The molecule has 10 heteroatoms. The summed E-state index contributed by atoms with van der Waals surface area (Å²) < 4.78 is 21.3. The van der Waals surface area contributed by atoms with Gasteiger partial charge < -0.3 is 19.3 Å². The Morgan fingerprint density at radius 3 is 2.48 bits per heavy atom. The molecule has 0 aromatic carbocycles. The number of rotatable bonds is 6. The molecule has 0 spiro atoms. The molecule has 1 aliphatic rings. The predicted octanol–water partition coefficient (Wildman–Crippen LogP) is 3.94. The lowest BCUT2D eigenvalue weighted by atomic mass is 10.2. The molecule has 0 saturated carbocycles. The molecule has 0 bridgehead atoms. The van der Waals surface area contributed by atoms with E-state index in [1.165, 1.54) is 6.33 Å². The lowest BCUT2D eigenvalue weighted by Crippen LogP contribution is -2.47. The van der Waals surface area contributed by atoms with E-state index in [0.29, 0.717) is 23.6 Å². The van der Waals surface area contributed by atoms with Crippen LogP contribution in [0.1, 0.15) is 33.4 Å². The van der Waals surface area contributed by atoms with Gasteiger partial charge in [-0.05, 0) is 37.8 Å². The van der Waals surface area contributed by atoms with Crippen LogP contribution in [0, 0.1) is 0 Å². The van der Waals surface area contributed by atoms with Gasteiger partial charge in [-0.25, -0.2) is 15.0 Å². The fourth-order valence-corrected chi connectivity index (χ4v) is 5.14. The minimum absolute atomic E-state index is 0.0334. The van der Waals surface area contributed by atoms with Crippen molar-refractivity contribution in [1.29, 1.82) is 0 Å². The summed E-state index contributed by atoms with van der Waals surface area (Å²) in [6, 6.07) is 0. The van der Waals surface area contributed by atoms with E-state index in [-0.39, 0.29) is 23.5 Å². The first-order chi connectivity index (χ1) is 13.3. The topological polar surface area (TPSA) is 97.3 Å². The third kappa shape index (κ3) is 4.88. The number of hydrogen-bond acceptors (Lipinski definition) is 7. The summed E-state index contributed by atoms with van der Waals surface area (Å²) in [7, 11) is -3.63. The van der Waals surface area contributed by atoms with Crippen LogP contribution in [-0.2, 0) is 13.6 Å². The normalized spacial score (nSPS) is 23.8. The van der Waals surface area contributed by atoms with Crippen molar-refractivity contribution in [3.8, 4) is 0 Å². The Morgan fingerprint density at radius 2 is 1.86 bits per heavy atom. The SMILES string of the molecule is CC(C)(C)[Si](C)(C)OC1C[C@@H](n2cnc3c(N)ncnc32)O[C@H]1CO[Si](C)(C)C. The van der Waals surface area contributed by atoms with Crippen LogP contribution in [0.2, 0.25) is 37.8 Å². The van der Waals surface area contributed by atoms with Gasteiger partial charge in [-0.3, -0.25) is 4.57 Å². The smallest absolute Gasteiger partial charge is 0.192 e. The molecule has 1 unspecified atom stereocenters. The van der Waals surface area contributed by atoms with Crippen molar-refractivity contribution in [2.45, 2.75) is 83.4 Å². The van der Waals surface area contributed by atoms with Crippen molar-refractivity contribution < 1.29 is 13.6 Å². The maximum atomic E-state index is 6.76. The van der Waals surface area contributed by atoms with Gasteiger partial charge in [0.05, 0.1) is 19.0 Å². The zero-order valence-corrected chi connectivity index (χ0v) is 20.9. The predicted molar refractivity (Wildman–Crippen MR) is 120 cm³/mol. The fraction of sp³-hybridized carbons (Fsp3) is 0.737. The van der Waals surface area contributed by atoms with E-state index in [0.717, 1.165) is 6.42 Å². The van der Waals surface area contributed by atoms with Gasteiger partial charge in [0.25, 0.3) is 0 Å².